The normalized spacial score (nSPS) is 16.2. The second kappa shape index (κ2) is 8.50. The molecule has 0 fully saturated rings. The SMILES string of the molecule is CC(C)C[C@@H](O)c1ccc2c(c1)CN(CCc1ccccc1)CCO2. The molecule has 0 unspecified atom stereocenters. The predicted octanol–water partition coefficient (Wildman–Crippen LogP) is 4.20. The van der Waals surface area contributed by atoms with Crippen molar-refractivity contribution in [2.24, 2.45) is 5.92 Å². The third-order valence-electron chi connectivity index (χ3n) is 4.78. The lowest BCUT2D eigenvalue weighted by Gasteiger charge is -2.20. The summed E-state index contributed by atoms with van der Waals surface area (Å²) < 4.78 is 5.92. The van der Waals surface area contributed by atoms with Gasteiger partial charge in [0.1, 0.15) is 12.4 Å². The number of ether oxygens (including phenoxy) is 1. The summed E-state index contributed by atoms with van der Waals surface area (Å²) in [5.74, 6) is 1.44. The fraction of sp³-hybridized carbons (Fsp3) is 0.455. The van der Waals surface area contributed by atoms with E-state index in [-0.39, 0.29) is 0 Å². The Kier molecular flexibility index (Phi) is 6.11. The van der Waals surface area contributed by atoms with Gasteiger partial charge in [-0.3, -0.25) is 4.90 Å². The van der Waals surface area contributed by atoms with E-state index in [1.165, 1.54) is 11.1 Å². The van der Waals surface area contributed by atoms with E-state index in [0.717, 1.165) is 50.4 Å². The Bertz CT molecular complexity index is 669. The van der Waals surface area contributed by atoms with E-state index in [4.69, 9.17) is 4.74 Å². The molecular formula is C22H29NO2. The molecule has 2 aromatic carbocycles. The number of benzene rings is 2. The summed E-state index contributed by atoms with van der Waals surface area (Å²) in [6, 6.07) is 16.8. The van der Waals surface area contributed by atoms with Gasteiger partial charge in [0.15, 0.2) is 0 Å². The van der Waals surface area contributed by atoms with Crippen molar-refractivity contribution in [3.8, 4) is 5.75 Å². The summed E-state index contributed by atoms with van der Waals surface area (Å²) in [5, 5.41) is 10.4. The zero-order chi connectivity index (χ0) is 17.6. The van der Waals surface area contributed by atoms with Gasteiger partial charge in [0.25, 0.3) is 0 Å². The zero-order valence-electron chi connectivity index (χ0n) is 15.3. The van der Waals surface area contributed by atoms with Crippen LogP contribution in [-0.4, -0.2) is 29.7 Å². The van der Waals surface area contributed by atoms with E-state index in [1.54, 1.807) is 0 Å². The first-order valence-corrected chi connectivity index (χ1v) is 9.32. The molecule has 1 N–H and O–H groups in total. The fourth-order valence-electron chi connectivity index (χ4n) is 3.38. The summed E-state index contributed by atoms with van der Waals surface area (Å²) in [4.78, 5) is 2.44. The maximum absolute atomic E-state index is 10.4. The highest BCUT2D eigenvalue weighted by molar-refractivity contribution is 5.38. The molecule has 0 aromatic heterocycles. The molecule has 2 aromatic rings. The van der Waals surface area contributed by atoms with Gasteiger partial charge in [-0.05, 0) is 42.0 Å². The average Bonchev–Trinajstić information content (AvgIpc) is 2.81. The lowest BCUT2D eigenvalue weighted by atomic mass is 9.97. The van der Waals surface area contributed by atoms with Gasteiger partial charge in [-0.2, -0.15) is 0 Å². The molecule has 25 heavy (non-hydrogen) atoms. The number of nitrogens with zero attached hydrogens (tertiary/aromatic N) is 1. The largest absolute Gasteiger partial charge is 0.492 e. The molecule has 1 aliphatic heterocycles. The van der Waals surface area contributed by atoms with Crippen LogP contribution in [0.1, 0.15) is 43.1 Å². The Morgan fingerprint density at radius 2 is 1.92 bits per heavy atom. The second-order valence-electron chi connectivity index (χ2n) is 7.37. The van der Waals surface area contributed by atoms with E-state index in [2.05, 4.69) is 55.1 Å². The van der Waals surface area contributed by atoms with Gasteiger partial charge < -0.3 is 9.84 Å². The number of aliphatic hydroxyl groups excluding tert-OH is 1. The molecule has 3 heteroatoms. The highest BCUT2D eigenvalue weighted by Crippen LogP contribution is 2.29. The molecule has 3 nitrogen and oxygen atoms in total. The minimum atomic E-state index is -0.397. The number of aliphatic hydroxyl groups is 1. The van der Waals surface area contributed by atoms with Gasteiger partial charge in [-0.1, -0.05) is 50.2 Å². The number of hydrogen-bond donors (Lipinski definition) is 1. The van der Waals surface area contributed by atoms with Gasteiger partial charge in [-0.15, -0.1) is 0 Å². The number of hydrogen-bond acceptors (Lipinski definition) is 3. The van der Waals surface area contributed by atoms with E-state index in [1.807, 2.05) is 12.1 Å². The number of rotatable bonds is 6. The summed E-state index contributed by atoms with van der Waals surface area (Å²) in [7, 11) is 0. The van der Waals surface area contributed by atoms with Crippen LogP contribution in [-0.2, 0) is 13.0 Å². The van der Waals surface area contributed by atoms with Crippen LogP contribution >= 0.6 is 0 Å². The van der Waals surface area contributed by atoms with Crippen molar-refractivity contribution in [1.82, 2.24) is 4.90 Å². The summed E-state index contributed by atoms with van der Waals surface area (Å²) in [6.07, 6.45) is 1.44. The van der Waals surface area contributed by atoms with Crippen LogP contribution in [0.2, 0.25) is 0 Å². The topological polar surface area (TPSA) is 32.7 Å². The third kappa shape index (κ3) is 5.07. The first kappa shape index (κ1) is 18.0. The first-order chi connectivity index (χ1) is 12.1. The van der Waals surface area contributed by atoms with Gasteiger partial charge >= 0.3 is 0 Å². The molecule has 134 valence electrons. The standard InChI is InChI=1S/C22H29NO2/c1-17(2)14-21(24)19-8-9-22-20(15-19)16-23(12-13-25-22)11-10-18-6-4-3-5-7-18/h3-9,15,17,21,24H,10-14,16H2,1-2H3/t21-/m1/s1. The van der Waals surface area contributed by atoms with Gasteiger partial charge in [0.2, 0.25) is 0 Å². The Labute approximate surface area is 151 Å². The first-order valence-electron chi connectivity index (χ1n) is 9.32. The second-order valence-corrected chi connectivity index (χ2v) is 7.37. The van der Waals surface area contributed by atoms with Crippen molar-refractivity contribution in [1.29, 1.82) is 0 Å². The highest BCUT2D eigenvalue weighted by Gasteiger charge is 2.18. The Morgan fingerprint density at radius 1 is 1.12 bits per heavy atom. The van der Waals surface area contributed by atoms with Crippen molar-refractivity contribution >= 4 is 0 Å². The lowest BCUT2D eigenvalue weighted by Crippen LogP contribution is -2.28. The summed E-state index contributed by atoms with van der Waals surface area (Å²) >= 11 is 0. The van der Waals surface area contributed by atoms with Crippen LogP contribution in [0.5, 0.6) is 5.75 Å². The Balaban J connectivity index is 1.68. The van der Waals surface area contributed by atoms with E-state index >= 15 is 0 Å². The highest BCUT2D eigenvalue weighted by atomic mass is 16.5. The Hall–Kier alpha value is -1.84. The van der Waals surface area contributed by atoms with Gasteiger partial charge in [0.05, 0.1) is 6.10 Å². The monoisotopic (exact) mass is 339 g/mol. The van der Waals surface area contributed by atoms with Crippen molar-refractivity contribution < 1.29 is 9.84 Å². The van der Waals surface area contributed by atoms with Crippen molar-refractivity contribution in [2.75, 3.05) is 19.7 Å². The molecule has 0 aliphatic carbocycles. The Morgan fingerprint density at radius 3 is 2.68 bits per heavy atom. The third-order valence-corrected chi connectivity index (χ3v) is 4.78. The van der Waals surface area contributed by atoms with Crippen LogP contribution in [0.25, 0.3) is 0 Å². The molecule has 1 aliphatic rings. The minimum absolute atomic E-state index is 0.397. The molecular weight excluding hydrogens is 310 g/mol. The zero-order valence-corrected chi connectivity index (χ0v) is 15.3. The quantitative estimate of drug-likeness (QED) is 0.856. The van der Waals surface area contributed by atoms with Crippen molar-refractivity contribution in [2.45, 2.75) is 39.3 Å². The predicted molar refractivity (Wildman–Crippen MR) is 102 cm³/mol. The lowest BCUT2D eigenvalue weighted by molar-refractivity contribution is 0.151. The molecule has 0 spiro atoms. The summed E-state index contributed by atoms with van der Waals surface area (Å²) in [5.41, 5.74) is 3.56. The molecule has 0 saturated carbocycles. The van der Waals surface area contributed by atoms with Crippen molar-refractivity contribution in [3.05, 3.63) is 65.2 Å². The van der Waals surface area contributed by atoms with E-state index in [0.29, 0.717) is 5.92 Å². The van der Waals surface area contributed by atoms with Crippen LogP contribution in [0.3, 0.4) is 0 Å². The van der Waals surface area contributed by atoms with Crippen molar-refractivity contribution in [3.63, 3.8) is 0 Å². The molecule has 1 heterocycles. The fourth-order valence-corrected chi connectivity index (χ4v) is 3.38. The van der Waals surface area contributed by atoms with E-state index in [9.17, 15) is 5.11 Å². The molecule has 0 saturated heterocycles. The van der Waals surface area contributed by atoms with Crippen LogP contribution in [0.4, 0.5) is 0 Å². The van der Waals surface area contributed by atoms with E-state index < -0.39 is 6.10 Å². The smallest absolute Gasteiger partial charge is 0.123 e. The molecule has 1 atom stereocenters. The molecule has 0 amide bonds. The average molecular weight is 339 g/mol. The van der Waals surface area contributed by atoms with Crippen LogP contribution < -0.4 is 4.74 Å². The maximum Gasteiger partial charge on any atom is 0.123 e. The van der Waals surface area contributed by atoms with Gasteiger partial charge in [-0.25, -0.2) is 0 Å². The van der Waals surface area contributed by atoms with Crippen LogP contribution in [0.15, 0.2) is 48.5 Å². The van der Waals surface area contributed by atoms with Gasteiger partial charge in [0, 0.05) is 25.2 Å². The molecule has 3 rings (SSSR count). The molecule has 0 radical (unpaired) electrons. The summed E-state index contributed by atoms with van der Waals surface area (Å²) in [6.45, 7) is 7.83. The molecule has 0 bridgehead atoms. The van der Waals surface area contributed by atoms with Crippen LogP contribution in [0, 0.1) is 5.92 Å². The number of fused-ring (bicyclic) bond motifs is 1. The minimum Gasteiger partial charge on any atom is -0.492 e. The maximum atomic E-state index is 10.4.